The molecular formula is C23H23ClN2O4. The molecule has 7 heteroatoms. The zero-order chi connectivity index (χ0) is 21.7. The summed E-state index contributed by atoms with van der Waals surface area (Å²) in [5.41, 5.74) is 6.28. The zero-order valence-corrected chi connectivity index (χ0v) is 17.6. The maximum atomic E-state index is 13.6. The quantitative estimate of drug-likeness (QED) is 0.392. The molecule has 0 saturated heterocycles. The van der Waals surface area contributed by atoms with Crippen molar-refractivity contribution in [3.8, 4) is 5.75 Å². The number of carbonyl (C=O) groups is 2. The van der Waals surface area contributed by atoms with Gasteiger partial charge in [-0.25, -0.2) is 0 Å². The van der Waals surface area contributed by atoms with Crippen LogP contribution in [0.2, 0.25) is 5.02 Å². The second-order valence-corrected chi connectivity index (χ2v) is 7.28. The third-order valence-electron chi connectivity index (χ3n) is 5.10. The minimum absolute atomic E-state index is 0.156. The van der Waals surface area contributed by atoms with Crippen molar-refractivity contribution in [2.45, 2.75) is 18.9 Å². The largest absolute Gasteiger partial charge is 0.495 e. The van der Waals surface area contributed by atoms with Gasteiger partial charge in [0.15, 0.2) is 11.3 Å². The van der Waals surface area contributed by atoms with E-state index in [2.05, 4.69) is 4.99 Å². The van der Waals surface area contributed by atoms with Gasteiger partial charge < -0.3 is 15.2 Å². The molecule has 3 rings (SSSR count). The lowest BCUT2D eigenvalue weighted by Gasteiger charge is -2.31. The highest BCUT2D eigenvalue weighted by molar-refractivity contribution is 6.30. The number of nitrogens with zero attached hydrogens (tertiary/aromatic N) is 1. The normalized spacial score (nSPS) is 18.2. The van der Waals surface area contributed by atoms with Crippen LogP contribution in [-0.4, -0.2) is 37.2 Å². The average molecular weight is 427 g/mol. The molecule has 0 aromatic heterocycles. The number of nitrogens with two attached hydrogens (primary N) is 1. The zero-order valence-electron chi connectivity index (χ0n) is 16.8. The maximum Gasteiger partial charge on any atom is 0.312 e. The summed E-state index contributed by atoms with van der Waals surface area (Å²) in [4.78, 5) is 31.0. The minimum atomic E-state index is -1.43. The van der Waals surface area contributed by atoms with Crippen molar-refractivity contribution in [1.82, 2.24) is 0 Å². The molecule has 0 bridgehead atoms. The molecule has 0 fully saturated rings. The van der Waals surface area contributed by atoms with Gasteiger partial charge in [0.1, 0.15) is 5.75 Å². The molecule has 0 spiro atoms. The fourth-order valence-corrected chi connectivity index (χ4v) is 3.68. The number of allylic oxidation sites excluding steroid dienone is 1. The smallest absolute Gasteiger partial charge is 0.312 e. The molecule has 2 N–H and O–H groups in total. The number of esters is 1. The number of aliphatic imine (C=N–C) groups is 1. The van der Waals surface area contributed by atoms with Crippen LogP contribution in [0.15, 0.2) is 59.6 Å². The van der Waals surface area contributed by atoms with Crippen molar-refractivity contribution in [2.24, 2.45) is 10.9 Å². The number of rotatable bonds is 8. The third-order valence-corrected chi connectivity index (χ3v) is 5.35. The highest BCUT2D eigenvalue weighted by Gasteiger charge is 2.49. The monoisotopic (exact) mass is 426 g/mol. The summed E-state index contributed by atoms with van der Waals surface area (Å²) in [6, 6.07) is 11.8. The number of para-hydroxylation sites is 1. The lowest BCUT2D eigenvalue weighted by molar-refractivity contribution is -0.149. The Labute approximate surface area is 180 Å². The van der Waals surface area contributed by atoms with Crippen molar-refractivity contribution >= 4 is 35.3 Å². The summed E-state index contributed by atoms with van der Waals surface area (Å²) in [5, 5.41) is 0.511. The van der Waals surface area contributed by atoms with E-state index in [1.807, 2.05) is 0 Å². The van der Waals surface area contributed by atoms with Gasteiger partial charge in [-0.2, -0.15) is 0 Å². The first-order valence-electron chi connectivity index (χ1n) is 9.54. The number of methoxy groups -OCH3 is 1. The van der Waals surface area contributed by atoms with E-state index in [0.29, 0.717) is 27.6 Å². The topological polar surface area (TPSA) is 91.0 Å². The molecule has 2 atom stereocenters. The molecule has 30 heavy (non-hydrogen) atoms. The van der Waals surface area contributed by atoms with Crippen LogP contribution in [-0.2, 0) is 16.0 Å². The van der Waals surface area contributed by atoms with E-state index in [0.717, 1.165) is 0 Å². The van der Waals surface area contributed by atoms with Gasteiger partial charge in [0.25, 0.3) is 0 Å². The molecule has 1 heterocycles. The number of halogens is 1. The van der Waals surface area contributed by atoms with Crippen LogP contribution in [0.3, 0.4) is 0 Å². The van der Waals surface area contributed by atoms with Gasteiger partial charge in [-0.15, -0.1) is 0 Å². The van der Waals surface area contributed by atoms with Gasteiger partial charge >= 0.3 is 5.97 Å². The number of ketones is 1. The highest BCUT2D eigenvalue weighted by Crippen LogP contribution is 2.37. The van der Waals surface area contributed by atoms with E-state index < -0.39 is 17.4 Å². The first-order valence-corrected chi connectivity index (χ1v) is 9.92. The number of anilines is 1. The van der Waals surface area contributed by atoms with Crippen LogP contribution in [0, 0.1) is 5.92 Å². The third kappa shape index (κ3) is 4.09. The molecule has 1 aliphatic rings. The number of Topliss-reactive ketones (excluding diaryl/α,β-unsaturated/α-hetero) is 1. The summed E-state index contributed by atoms with van der Waals surface area (Å²) in [6.07, 6.45) is 4.98. The summed E-state index contributed by atoms with van der Waals surface area (Å²) in [6.45, 7) is 1.90. The van der Waals surface area contributed by atoms with Gasteiger partial charge in [0.2, 0.25) is 0 Å². The Morgan fingerprint density at radius 2 is 1.93 bits per heavy atom. The molecule has 6 nitrogen and oxygen atoms in total. The fraction of sp³-hybridized carbons (Fsp3) is 0.261. The van der Waals surface area contributed by atoms with Crippen LogP contribution in [0.1, 0.15) is 22.8 Å². The van der Waals surface area contributed by atoms with Crippen molar-refractivity contribution in [3.05, 3.63) is 70.8 Å². The van der Waals surface area contributed by atoms with Gasteiger partial charge in [0, 0.05) is 16.8 Å². The molecule has 0 radical (unpaired) electrons. The fourth-order valence-electron chi connectivity index (χ4n) is 3.56. The predicted molar refractivity (Wildman–Crippen MR) is 117 cm³/mol. The van der Waals surface area contributed by atoms with Crippen LogP contribution >= 0.6 is 11.6 Å². The molecule has 0 aliphatic carbocycles. The molecule has 2 aromatic carbocycles. The number of benzene rings is 2. The Bertz CT molecular complexity index is 987. The van der Waals surface area contributed by atoms with E-state index in [-0.39, 0.29) is 18.8 Å². The Balaban J connectivity index is 2.07. The summed E-state index contributed by atoms with van der Waals surface area (Å²) < 4.78 is 10.6. The molecule has 2 aromatic rings. The van der Waals surface area contributed by atoms with E-state index >= 15 is 0 Å². The van der Waals surface area contributed by atoms with Crippen LogP contribution < -0.4 is 10.5 Å². The Hall–Kier alpha value is -3.12. The number of nitrogen functional groups attached to an aromatic ring is 1. The van der Waals surface area contributed by atoms with Crippen molar-refractivity contribution in [2.75, 3.05) is 19.5 Å². The first-order chi connectivity index (χ1) is 14.4. The van der Waals surface area contributed by atoms with Crippen molar-refractivity contribution in [1.29, 1.82) is 0 Å². The second-order valence-electron chi connectivity index (χ2n) is 6.84. The van der Waals surface area contributed by atoms with Gasteiger partial charge in [-0.05, 0) is 61.4 Å². The number of ether oxygens (including phenoxy) is 2. The number of hydrogen-bond acceptors (Lipinski definition) is 6. The molecule has 156 valence electrons. The molecular weight excluding hydrogens is 404 g/mol. The van der Waals surface area contributed by atoms with Gasteiger partial charge in [-0.3, -0.25) is 14.6 Å². The van der Waals surface area contributed by atoms with Crippen molar-refractivity contribution < 1.29 is 19.1 Å². The second kappa shape index (κ2) is 9.13. The summed E-state index contributed by atoms with van der Waals surface area (Å²) in [5.74, 6) is -1.25. The first kappa shape index (κ1) is 21.6. The molecule has 2 unspecified atom stereocenters. The lowest BCUT2D eigenvalue weighted by Crippen LogP contribution is -2.47. The van der Waals surface area contributed by atoms with Crippen LogP contribution in [0.25, 0.3) is 0 Å². The van der Waals surface area contributed by atoms with Crippen molar-refractivity contribution in [3.63, 3.8) is 0 Å². The molecule has 0 amide bonds. The maximum absolute atomic E-state index is 13.6. The van der Waals surface area contributed by atoms with E-state index in [4.69, 9.17) is 26.8 Å². The van der Waals surface area contributed by atoms with E-state index in [1.165, 1.54) is 13.3 Å². The van der Waals surface area contributed by atoms with Crippen LogP contribution in [0.4, 0.5) is 5.69 Å². The lowest BCUT2D eigenvalue weighted by atomic mass is 9.75. The van der Waals surface area contributed by atoms with Gasteiger partial charge in [0.05, 0.1) is 25.3 Å². The average Bonchev–Trinajstić information content (AvgIpc) is 3.24. The summed E-state index contributed by atoms with van der Waals surface area (Å²) >= 11 is 5.96. The Morgan fingerprint density at radius 3 is 2.53 bits per heavy atom. The van der Waals surface area contributed by atoms with E-state index in [1.54, 1.807) is 61.5 Å². The number of hydrogen-bond donors (Lipinski definition) is 1. The van der Waals surface area contributed by atoms with Gasteiger partial charge in [-0.1, -0.05) is 23.7 Å². The predicted octanol–water partition coefficient (Wildman–Crippen LogP) is 3.91. The standard InChI is InChI=1S/C23H23ClN2O4/c1-3-30-22(28)18(14-16-6-4-7-19(29-2)20(16)25)23(12-5-13-26-23)21(27)15-8-10-17(24)11-9-15/h4-13,18H,3,14,25H2,1-2H3. The highest BCUT2D eigenvalue weighted by atomic mass is 35.5. The summed E-state index contributed by atoms with van der Waals surface area (Å²) in [7, 11) is 1.52. The minimum Gasteiger partial charge on any atom is -0.495 e. The number of carbonyl (C=O) groups excluding carboxylic acids is 2. The SMILES string of the molecule is CCOC(=O)C(Cc1cccc(OC)c1N)C1(C(=O)c2ccc(Cl)cc2)C=CC=N1. The van der Waals surface area contributed by atoms with E-state index in [9.17, 15) is 9.59 Å². The van der Waals surface area contributed by atoms with Crippen LogP contribution in [0.5, 0.6) is 5.75 Å². The molecule has 0 saturated carbocycles. The Kier molecular flexibility index (Phi) is 6.57. The molecule has 1 aliphatic heterocycles. The Morgan fingerprint density at radius 1 is 1.20 bits per heavy atom.